The first-order valence-electron chi connectivity index (χ1n) is 17.5. The van der Waals surface area contributed by atoms with Crippen LogP contribution in [-0.2, 0) is 9.53 Å². The monoisotopic (exact) mass is 617 g/mol. The molecule has 6 N–H and O–H groups in total. The van der Waals surface area contributed by atoms with Gasteiger partial charge in [-0.3, -0.25) is 4.79 Å². The normalized spacial score (nSPS) is 55.0. The fourth-order valence-electron chi connectivity index (χ4n) is 12.4. The molecule has 8 nitrogen and oxygen atoms in total. The Morgan fingerprint density at radius 3 is 2.27 bits per heavy atom. The number of hydrogen-bond donors (Lipinski definition) is 6. The average Bonchev–Trinajstić information content (AvgIpc) is 2.97. The van der Waals surface area contributed by atoms with E-state index in [0.29, 0.717) is 23.7 Å². The summed E-state index contributed by atoms with van der Waals surface area (Å²) in [7, 11) is 0. The molecule has 4 saturated carbocycles. The molecule has 8 heteroatoms. The Bertz CT molecular complexity index is 1170. The second kappa shape index (κ2) is 10.7. The van der Waals surface area contributed by atoms with Crippen LogP contribution in [0.5, 0.6) is 0 Å². The van der Waals surface area contributed by atoms with Crippen LogP contribution in [0.4, 0.5) is 0 Å². The molecule has 1 aliphatic heterocycles. The van der Waals surface area contributed by atoms with Crippen molar-refractivity contribution in [2.45, 2.75) is 143 Å². The van der Waals surface area contributed by atoms with Crippen molar-refractivity contribution in [3.05, 3.63) is 11.6 Å². The molecule has 0 bridgehead atoms. The van der Waals surface area contributed by atoms with E-state index >= 15 is 0 Å². The van der Waals surface area contributed by atoms with E-state index in [0.717, 1.165) is 57.8 Å². The number of carbonyl (C=O) groups excluding carboxylic acids is 1. The molecule has 15 atom stereocenters. The fraction of sp³-hybridized carbons (Fsp3) is 0.917. The van der Waals surface area contributed by atoms with Gasteiger partial charge < -0.3 is 35.6 Å². The van der Waals surface area contributed by atoms with Crippen molar-refractivity contribution < 1.29 is 35.1 Å². The number of hydrogen-bond acceptors (Lipinski definition) is 7. The summed E-state index contributed by atoms with van der Waals surface area (Å²) in [5.41, 5.74) is 0.881. The number of aliphatic hydroxyl groups excluding tert-OH is 5. The summed E-state index contributed by atoms with van der Waals surface area (Å²) in [6.45, 7) is 16.2. The molecule has 1 saturated heterocycles. The SMILES string of the molecule is C[C@@H]1CC[C@]2(C(=O)N[C@H]3OC(CO)[C@H](O)[C@@H](O)C3O)CC[C@]3(C)C(=CCC4[C@@]5(C)CC[C@H](O)C(C)(C)C5CC[C@]43C)C2[C@H]1C. The molecule has 5 unspecified atom stereocenters. The highest BCUT2D eigenvalue weighted by atomic mass is 16.6. The topological polar surface area (TPSA) is 139 Å². The summed E-state index contributed by atoms with van der Waals surface area (Å²) in [5, 5.41) is 55.2. The molecule has 6 rings (SSSR count). The van der Waals surface area contributed by atoms with Gasteiger partial charge in [-0.25, -0.2) is 0 Å². The van der Waals surface area contributed by atoms with Gasteiger partial charge >= 0.3 is 0 Å². The first kappa shape index (κ1) is 32.9. The molecular formula is C36H59NO7. The van der Waals surface area contributed by atoms with Crippen LogP contribution >= 0.6 is 0 Å². The lowest BCUT2D eigenvalue weighted by atomic mass is 9.33. The number of aliphatic hydroxyl groups is 5. The summed E-state index contributed by atoms with van der Waals surface area (Å²) in [6.07, 6.45) is 4.06. The van der Waals surface area contributed by atoms with Gasteiger partial charge in [0.1, 0.15) is 24.4 Å². The highest BCUT2D eigenvalue weighted by Crippen LogP contribution is 2.75. The standard InChI is InChI=1S/C36H59NO7/c1-19-10-15-36(31(43)37-30-29(42)28(41)27(40)22(18-38)44-30)17-16-34(6)21(26(36)20(19)2)8-9-24-33(5)13-12-25(39)32(3,4)23(33)11-14-35(24,34)7/h8,19-20,22-30,38-42H,9-18H2,1-7H3,(H,37,43)/t19-,20+,22?,23?,24?,25+,26?,27+,28-,29?,30+,33+,34-,35-,36+/m1/s1. The van der Waals surface area contributed by atoms with Gasteiger partial charge in [0, 0.05) is 0 Å². The number of fused-ring (bicyclic) bond motifs is 7. The summed E-state index contributed by atoms with van der Waals surface area (Å²) in [6, 6.07) is 0. The second-order valence-electron chi connectivity index (χ2n) is 17.4. The number of ether oxygens (including phenoxy) is 1. The van der Waals surface area contributed by atoms with Crippen LogP contribution in [0.2, 0.25) is 0 Å². The van der Waals surface area contributed by atoms with Gasteiger partial charge in [-0.05, 0) is 109 Å². The molecule has 1 amide bonds. The zero-order valence-corrected chi connectivity index (χ0v) is 28.1. The van der Waals surface area contributed by atoms with Gasteiger partial charge in [-0.1, -0.05) is 60.1 Å². The zero-order valence-electron chi connectivity index (χ0n) is 28.1. The van der Waals surface area contributed by atoms with Gasteiger partial charge in [-0.15, -0.1) is 0 Å². The molecule has 1 heterocycles. The highest BCUT2D eigenvalue weighted by Gasteiger charge is 2.69. The lowest BCUT2D eigenvalue weighted by molar-refractivity contribution is -0.238. The van der Waals surface area contributed by atoms with Gasteiger partial charge in [0.25, 0.3) is 0 Å². The smallest absolute Gasteiger partial charge is 0.228 e. The summed E-state index contributed by atoms with van der Waals surface area (Å²) >= 11 is 0. The highest BCUT2D eigenvalue weighted by molar-refractivity contribution is 5.84. The quantitative estimate of drug-likeness (QED) is 0.264. The maximum Gasteiger partial charge on any atom is 0.228 e. The maximum atomic E-state index is 14.5. The minimum absolute atomic E-state index is 0.0486. The van der Waals surface area contributed by atoms with Crippen LogP contribution in [-0.4, -0.2) is 74.8 Å². The molecule has 5 aliphatic carbocycles. The third-order valence-corrected chi connectivity index (χ3v) is 15.6. The number of carbonyl (C=O) groups is 1. The van der Waals surface area contributed by atoms with E-state index in [-0.39, 0.29) is 39.6 Å². The first-order valence-corrected chi connectivity index (χ1v) is 17.5. The molecule has 0 aromatic rings. The fourth-order valence-corrected chi connectivity index (χ4v) is 12.4. The predicted octanol–water partition coefficient (Wildman–Crippen LogP) is 3.92. The van der Waals surface area contributed by atoms with Crippen LogP contribution in [0.3, 0.4) is 0 Å². The van der Waals surface area contributed by atoms with Crippen molar-refractivity contribution in [3.63, 3.8) is 0 Å². The Morgan fingerprint density at radius 2 is 1.59 bits per heavy atom. The van der Waals surface area contributed by atoms with Gasteiger partial charge in [0.05, 0.1) is 18.1 Å². The molecule has 44 heavy (non-hydrogen) atoms. The number of allylic oxidation sites excluding steroid dienone is 2. The summed E-state index contributed by atoms with van der Waals surface area (Å²) in [4.78, 5) is 14.5. The minimum Gasteiger partial charge on any atom is -0.394 e. The Balaban J connectivity index is 1.36. The Kier molecular flexibility index (Phi) is 8.03. The van der Waals surface area contributed by atoms with Crippen molar-refractivity contribution in [2.24, 2.45) is 56.7 Å². The van der Waals surface area contributed by atoms with Crippen LogP contribution in [0.25, 0.3) is 0 Å². The van der Waals surface area contributed by atoms with Gasteiger partial charge in [0.2, 0.25) is 5.91 Å². The maximum absolute atomic E-state index is 14.5. The summed E-state index contributed by atoms with van der Waals surface area (Å²) < 4.78 is 5.74. The zero-order chi connectivity index (χ0) is 32.2. The van der Waals surface area contributed by atoms with E-state index in [1.165, 1.54) is 5.57 Å². The predicted molar refractivity (Wildman–Crippen MR) is 167 cm³/mol. The number of amides is 1. The largest absolute Gasteiger partial charge is 0.394 e. The first-order chi connectivity index (χ1) is 20.5. The van der Waals surface area contributed by atoms with Crippen molar-refractivity contribution in [3.8, 4) is 0 Å². The average molecular weight is 618 g/mol. The Labute approximate surface area is 264 Å². The Hall–Kier alpha value is -1.03. The molecule has 250 valence electrons. The van der Waals surface area contributed by atoms with Crippen LogP contribution in [0.15, 0.2) is 11.6 Å². The van der Waals surface area contributed by atoms with Crippen LogP contribution in [0, 0.1) is 56.7 Å². The number of nitrogens with one attached hydrogen (secondary N) is 1. The van der Waals surface area contributed by atoms with Gasteiger partial charge in [0.15, 0.2) is 6.23 Å². The van der Waals surface area contributed by atoms with E-state index < -0.39 is 42.7 Å². The van der Waals surface area contributed by atoms with Crippen molar-refractivity contribution in [1.82, 2.24) is 5.32 Å². The molecule has 0 aromatic carbocycles. The van der Waals surface area contributed by atoms with Crippen LogP contribution in [0.1, 0.15) is 106 Å². The van der Waals surface area contributed by atoms with Gasteiger partial charge in [-0.2, -0.15) is 0 Å². The van der Waals surface area contributed by atoms with Crippen molar-refractivity contribution in [1.29, 1.82) is 0 Å². The van der Waals surface area contributed by atoms with E-state index in [9.17, 15) is 30.3 Å². The molecule has 0 spiro atoms. The lowest BCUT2D eigenvalue weighted by Gasteiger charge is -2.71. The van der Waals surface area contributed by atoms with E-state index in [2.05, 4.69) is 59.9 Å². The van der Waals surface area contributed by atoms with Crippen molar-refractivity contribution >= 4 is 5.91 Å². The molecule has 0 radical (unpaired) electrons. The van der Waals surface area contributed by atoms with E-state index in [1.807, 2.05) is 0 Å². The second-order valence-corrected chi connectivity index (χ2v) is 17.4. The molecule has 6 aliphatic rings. The Morgan fingerprint density at radius 1 is 0.886 bits per heavy atom. The van der Waals surface area contributed by atoms with E-state index in [1.54, 1.807) is 0 Å². The lowest BCUT2D eigenvalue weighted by Crippen LogP contribution is -2.68. The molecule has 5 fully saturated rings. The van der Waals surface area contributed by atoms with Crippen LogP contribution < -0.4 is 5.32 Å². The third-order valence-electron chi connectivity index (χ3n) is 15.6. The van der Waals surface area contributed by atoms with Crippen molar-refractivity contribution in [2.75, 3.05) is 6.61 Å². The molecular weight excluding hydrogens is 558 g/mol. The van der Waals surface area contributed by atoms with E-state index in [4.69, 9.17) is 4.74 Å². The third kappa shape index (κ3) is 4.26. The number of rotatable bonds is 3. The minimum atomic E-state index is -1.53. The molecule has 0 aromatic heterocycles. The summed E-state index contributed by atoms with van der Waals surface area (Å²) in [5.74, 6) is 1.67.